The number of carbonyl (C=O) groups is 1. The van der Waals surface area contributed by atoms with Crippen molar-refractivity contribution in [3.63, 3.8) is 0 Å². The molecule has 1 amide bonds. The van der Waals surface area contributed by atoms with E-state index in [1.165, 1.54) is 24.7 Å². The number of nitrogens with one attached hydrogen (secondary N) is 1. The Labute approximate surface area is 180 Å². The fourth-order valence-electron chi connectivity index (χ4n) is 3.54. The Morgan fingerprint density at radius 3 is 2.65 bits per heavy atom. The smallest absolute Gasteiger partial charge is 0.348 e. The van der Waals surface area contributed by atoms with Crippen molar-refractivity contribution in [1.29, 1.82) is 0 Å². The summed E-state index contributed by atoms with van der Waals surface area (Å²) in [7, 11) is 0. The normalized spacial score (nSPS) is 12.5. The number of halogens is 3. The van der Waals surface area contributed by atoms with Gasteiger partial charge in [0.2, 0.25) is 0 Å². The Hall–Kier alpha value is -3.09. The standard InChI is InChI=1S/C24H26F3N3O/c1-3-4-5-9-17(2)29-23(31)22-15-28-16-30(22)19-11-8-10-18(14-19)20-12-6-7-13-21(20)24(25,26)27/h6-8,10-17H,3-5,9H2,1-2H3,(H,29,31)/t17-/m0/s1. The molecule has 1 N–H and O–H groups in total. The van der Waals surface area contributed by atoms with E-state index in [2.05, 4.69) is 17.2 Å². The van der Waals surface area contributed by atoms with Crippen LogP contribution in [0.15, 0.2) is 61.1 Å². The van der Waals surface area contributed by atoms with Crippen molar-refractivity contribution in [2.75, 3.05) is 0 Å². The topological polar surface area (TPSA) is 46.9 Å². The molecule has 2 aromatic carbocycles. The molecule has 164 valence electrons. The summed E-state index contributed by atoms with van der Waals surface area (Å²) in [6.07, 6.45) is 2.65. The zero-order valence-corrected chi connectivity index (χ0v) is 17.6. The van der Waals surface area contributed by atoms with Crippen LogP contribution in [0.25, 0.3) is 16.8 Å². The van der Waals surface area contributed by atoms with Gasteiger partial charge in [0.25, 0.3) is 5.91 Å². The largest absolute Gasteiger partial charge is 0.417 e. The van der Waals surface area contributed by atoms with Crippen LogP contribution < -0.4 is 5.32 Å². The first kappa shape index (κ1) is 22.6. The highest BCUT2D eigenvalue weighted by Crippen LogP contribution is 2.37. The number of rotatable bonds is 8. The fourth-order valence-corrected chi connectivity index (χ4v) is 3.54. The molecule has 0 aliphatic rings. The van der Waals surface area contributed by atoms with Gasteiger partial charge in [-0.25, -0.2) is 4.98 Å². The summed E-state index contributed by atoms with van der Waals surface area (Å²) in [4.78, 5) is 16.8. The Balaban J connectivity index is 1.87. The molecule has 31 heavy (non-hydrogen) atoms. The molecule has 0 spiro atoms. The van der Waals surface area contributed by atoms with Crippen LogP contribution in [0.3, 0.4) is 0 Å². The average Bonchev–Trinajstić information content (AvgIpc) is 3.24. The zero-order chi connectivity index (χ0) is 22.4. The number of carbonyl (C=O) groups excluding carboxylic acids is 1. The van der Waals surface area contributed by atoms with Crippen molar-refractivity contribution in [1.82, 2.24) is 14.9 Å². The van der Waals surface area contributed by atoms with Crippen LogP contribution >= 0.6 is 0 Å². The number of benzene rings is 2. The van der Waals surface area contributed by atoms with Crippen LogP contribution in [0.1, 0.15) is 55.6 Å². The van der Waals surface area contributed by atoms with Crippen LogP contribution in [0.5, 0.6) is 0 Å². The van der Waals surface area contributed by atoms with Gasteiger partial charge in [-0.1, -0.05) is 56.5 Å². The van der Waals surface area contributed by atoms with Crippen molar-refractivity contribution in [3.05, 3.63) is 72.3 Å². The van der Waals surface area contributed by atoms with E-state index in [-0.39, 0.29) is 17.5 Å². The van der Waals surface area contributed by atoms with Crippen LogP contribution in [0, 0.1) is 0 Å². The molecule has 1 aromatic heterocycles. The van der Waals surface area contributed by atoms with Crippen LogP contribution in [0.2, 0.25) is 0 Å². The molecule has 4 nitrogen and oxygen atoms in total. The summed E-state index contributed by atoms with van der Waals surface area (Å²) in [5.41, 5.74) is 0.710. The third kappa shape index (κ3) is 5.54. The highest BCUT2D eigenvalue weighted by Gasteiger charge is 2.33. The summed E-state index contributed by atoms with van der Waals surface area (Å²) in [6.45, 7) is 4.09. The lowest BCUT2D eigenvalue weighted by atomic mass is 9.99. The van der Waals surface area contributed by atoms with Gasteiger partial charge in [0.05, 0.1) is 18.1 Å². The number of hydrogen-bond donors (Lipinski definition) is 1. The second kappa shape index (κ2) is 9.81. The van der Waals surface area contributed by atoms with E-state index in [1.807, 2.05) is 6.92 Å². The SMILES string of the molecule is CCCCC[C@H](C)NC(=O)c1cncn1-c1cccc(-c2ccccc2C(F)(F)F)c1. The number of hydrogen-bond acceptors (Lipinski definition) is 2. The maximum Gasteiger partial charge on any atom is 0.417 e. The van der Waals surface area contributed by atoms with E-state index in [1.54, 1.807) is 34.9 Å². The van der Waals surface area contributed by atoms with Crippen LogP contribution in [0.4, 0.5) is 13.2 Å². The van der Waals surface area contributed by atoms with Gasteiger partial charge < -0.3 is 5.32 Å². The summed E-state index contributed by atoms with van der Waals surface area (Å²) < 4.78 is 41.9. The third-order valence-corrected chi connectivity index (χ3v) is 5.16. The monoisotopic (exact) mass is 429 g/mol. The van der Waals surface area contributed by atoms with Gasteiger partial charge in [0.1, 0.15) is 5.69 Å². The maximum absolute atomic E-state index is 13.4. The first-order valence-corrected chi connectivity index (χ1v) is 10.4. The molecule has 0 aliphatic heterocycles. The van der Waals surface area contributed by atoms with Crippen molar-refractivity contribution >= 4 is 5.91 Å². The van der Waals surface area contributed by atoms with Gasteiger partial charge in [-0.2, -0.15) is 13.2 Å². The summed E-state index contributed by atoms with van der Waals surface area (Å²) in [6, 6.07) is 12.2. The lowest BCUT2D eigenvalue weighted by Crippen LogP contribution is -2.33. The van der Waals surface area contributed by atoms with Crippen molar-refractivity contribution in [3.8, 4) is 16.8 Å². The van der Waals surface area contributed by atoms with E-state index in [0.717, 1.165) is 31.7 Å². The molecule has 3 aromatic rings. The van der Waals surface area contributed by atoms with Gasteiger partial charge in [0, 0.05) is 11.7 Å². The molecule has 0 bridgehead atoms. The number of unbranched alkanes of at least 4 members (excludes halogenated alkanes) is 2. The Morgan fingerprint density at radius 1 is 1.13 bits per heavy atom. The molecule has 0 saturated carbocycles. The minimum absolute atomic E-state index is 0.0207. The second-order valence-electron chi connectivity index (χ2n) is 7.61. The average molecular weight is 429 g/mol. The van der Waals surface area contributed by atoms with Gasteiger partial charge in [0.15, 0.2) is 0 Å². The van der Waals surface area contributed by atoms with E-state index in [0.29, 0.717) is 16.9 Å². The molecule has 1 atom stereocenters. The van der Waals surface area contributed by atoms with Gasteiger partial charge >= 0.3 is 6.18 Å². The molecule has 1 heterocycles. The number of aromatic nitrogens is 2. The number of alkyl halides is 3. The molecule has 0 radical (unpaired) electrons. The van der Waals surface area contributed by atoms with Gasteiger partial charge in [-0.3, -0.25) is 9.36 Å². The number of imidazole rings is 1. The Morgan fingerprint density at radius 2 is 1.90 bits per heavy atom. The lowest BCUT2D eigenvalue weighted by Gasteiger charge is -2.16. The quantitative estimate of drug-likeness (QED) is 0.430. The predicted molar refractivity (Wildman–Crippen MR) is 115 cm³/mol. The maximum atomic E-state index is 13.4. The fraction of sp³-hybridized carbons (Fsp3) is 0.333. The molecule has 3 rings (SSSR count). The third-order valence-electron chi connectivity index (χ3n) is 5.16. The minimum atomic E-state index is -4.46. The number of amides is 1. The summed E-state index contributed by atoms with van der Waals surface area (Å²) in [5, 5.41) is 2.98. The zero-order valence-electron chi connectivity index (χ0n) is 17.6. The second-order valence-corrected chi connectivity index (χ2v) is 7.61. The van der Waals surface area contributed by atoms with Crippen molar-refractivity contribution in [2.24, 2.45) is 0 Å². The predicted octanol–water partition coefficient (Wildman–Crippen LogP) is 6.26. The lowest BCUT2D eigenvalue weighted by molar-refractivity contribution is -0.137. The molecule has 0 unspecified atom stereocenters. The van der Waals surface area contributed by atoms with Crippen LogP contribution in [-0.4, -0.2) is 21.5 Å². The van der Waals surface area contributed by atoms with Crippen molar-refractivity contribution in [2.45, 2.75) is 51.7 Å². The Bertz CT molecular complexity index is 1030. The van der Waals surface area contributed by atoms with E-state index in [4.69, 9.17) is 0 Å². The van der Waals surface area contributed by atoms with E-state index < -0.39 is 11.7 Å². The minimum Gasteiger partial charge on any atom is -0.348 e. The van der Waals surface area contributed by atoms with Crippen molar-refractivity contribution < 1.29 is 18.0 Å². The number of nitrogens with zero attached hydrogens (tertiary/aromatic N) is 2. The van der Waals surface area contributed by atoms with Gasteiger partial charge in [-0.05, 0) is 42.7 Å². The Kier molecular flexibility index (Phi) is 7.15. The molecular weight excluding hydrogens is 403 g/mol. The molecular formula is C24H26F3N3O. The first-order valence-electron chi connectivity index (χ1n) is 10.4. The van der Waals surface area contributed by atoms with Gasteiger partial charge in [-0.15, -0.1) is 0 Å². The first-order chi connectivity index (χ1) is 14.8. The molecule has 0 aliphatic carbocycles. The van der Waals surface area contributed by atoms with E-state index >= 15 is 0 Å². The van der Waals surface area contributed by atoms with Crippen LogP contribution in [-0.2, 0) is 6.18 Å². The highest BCUT2D eigenvalue weighted by molar-refractivity contribution is 5.93. The molecule has 0 saturated heterocycles. The summed E-state index contributed by atoms with van der Waals surface area (Å²) >= 11 is 0. The molecule has 7 heteroatoms. The highest BCUT2D eigenvalue weighted by atomic mass is 19.4. The van der Waals surface area contributed by atoms with E-state index in [9.17, 15) is 18.0 Å². The summed E-state index contributed by atoms with van der Waals surface area (Å²) in [5.74, 6) is -0.261. The molecule has 0 fully saturated rings.